The number of amides is 2. The molecule has 9 heteroatoms. The molecule has 1 N–H and O–H groups in total. The van der Waals surface area contributed by atoms with E-state index in [0.717, 1.165) is 18.4 Å². The van der Waals surface area contributed by atoms with Gasteiger partial charge in [-0.3, -0.25) is 9.59 Å². The zero-order valence-electron chi connectivity index (χ0n) is 17.5. The van der Waals surface area contributed by atoms with Crippen molar-refractivity contribution in [2.24, 2.45) is 5.92 Å². The number of hydrogen-bond acceptors (Lipinski definition) is 5. The van der Waals surface area contributed by atoms with Crippen LogP contribution in [0.3, 0.4) is 0 Å². The van der Waals surface area contributed by atoms with Crippen LogP contribution in [0.15, 0.2) is 40.6 Å². The molecule has 2 aliphatic heterocycles. The summed E-state index contributed by atoms with van der Waals surface area (Å²) in [6.07, 6.45) is 2.21. The van der Waals surface area contributed by atoms with Crippen molar-refractivity contribution in [1.29, 1.82) is 0 Å². The van der Waals surface area contributed by atoms with Crippen LogP contribution in [-0.4, -0.2) is 55.6 Å². The van der Waals surface area contributed by atoms with Gasteiger partial charge in [0.1, 0.15) is 0 Å². The Bertz CT molecular complexity index is 1080. The Morgan fingerprint density at radius 3 is 2.87 bits per heavy atom. The maximum Gasteiger partial charge on any atom is 0.253 e. The molecule has 1 aromatic carbocycles. The fraction of sp³-hybridized carbons (Fsp3) is 0.455. The van der Waals surface area contributed by atoms with Crippen LogP contribution in [-0.2, 0) is 27.8 Å². The molecule has 2 aromatic rings. The smallest absolute Gasteiger partial charge is 0.253 e. The highest BCUT2D eigenvalue weighted by atomic mass is 32.2. The van der Waals surface area contributed by atoms with E-state index in [0.29, 0.717) is 44.7 Å². The Morgan fingerprint density at radius 2 is 2.06 bits per heavy atom. The number of sulfonamides is 1. The molecule has 2 amide bonds. The zero-order valence-corrected chi connectivity index (χ0v) is 19.2. The summed E-state index contributed by atoms with van der Waals surface area (Å²) in [5.41, 5.74) is 1.39. The number of carbonyl (C=O) groups is 2. The summed E-state index contributed by atoms with van der Waals surface area (Å²) in [7, 11) is -3.70. The van der Waals surface area contributed by atoms with E-state index in [1.807, 2.05) is 18.4 Å². The Kier molecular flexibility index (Phi) is 6.45. The van der Waals surface area contributed by atoms with Crippen molar-refractivity contribution in [3.8, 4) is 0 Å². The Labute approximate surface area is 187 Å². The highest BCUT2D eigenvalue weighted by Crippen LogP contribution is 2.29. The first-order chi connectivity index (χ1) is 14.9. The van der Waals surface area contributed by atoms with E-state index in [1.165, 1.54) is 15.2 Å². The third-order valence-electron chi connectivity index (χ3n) is 5.92. The minimum atomic E-state index is -3.70. The van der Waals surface area contributed by atoms with Gasteiger partial charge in [0.25, 0.3) is 5.91 Å². The van der Waals surface area contributed by atoms with Crippen molar-refractivity contribution >= 4 is 33.2 Å². The fourth-order valence-electron chi connectivity index (χ4n) is 4.24. The third-order valence-corrected chi connectivity index (χ3v) is 8.79. The molecule has 1 fully saturated rings. The van der Waals surface area contributed by atoms with E-state index >= 15 is 0 Å². The minimum absolute atomic E-state index is 0.0331. The van der Waals surface area contributed by atoms with Gasteiger partial charge in [0, 0.05) is 43.2 Å². The van der Waals surface area contributed by atoms with E-state index in [-0.39, 0.29) is 22.6 Å². The lowest BCUT2D eigenvalue weighted by Gasteiger charge is -2.32. The maximum atomic E-state index is 13.2. The predicted molar refractivity (Wildman–Crippen MR) is 119 cm³/mol. The maximum absolute atomic E-state index is 13.2. The Hall–Kier alpha value is -2.23. The number of benzene rings is 1. The third kappa shape index (κ3) is 4.53. The largest absolute Gasteiger partial charge is 0.356 e. The van der Waals surface area contributed by atoms with Gasteiger partial charge < -0.3 is 10.2 Å². The summed E-state index contributed by atoms with van der Waals surface area (Å²) in [5.74, 6) is -0.489. The molecule has 1 saturated heterocycles. The monoisotopic (exact) mass is 461 g/mol. The van der Waals surface area contributed by atoms with Crippen LogP contribution in [0.5, 0.6) is 0 Å². The molecule has 31 heavy (non-hydrogen) atoms. The molecule has 0 spiro atoms. The number of thiophene rings is 1. The molecule has 0 unspecified atom stereocenters. The lowest BCUT2D eigenvalue weighted by Crippen LogP contribution is -2.45. The normalized spacial score (nSPS) is 19.6. The first kappa shape index (κ1) is 22.0. The van der Waals surface area contributed by atoms with Crippen molar-refractivity contribution < 1.29 is 18.0 Å². The van der Waals surface area contributed by atoms with Crippen LogP contribution in [0, 0.1) is 5.92 Å². The lowest BCUT2D eigenvalue weighted by atomic mass is 9.96. The fourth-order valence-corrected chi connectivity index (χ4v) is 6.60. The van der Waals surface area contributed by atoms with Gasteiger partial charge in [-0.25, -0.2) is 8.42 Å². The number of likely N-dealkylation sites (tertiary alicyclic amines) is 1. The van der Waals surface area contributed by atoms with E-state index < -0.39 is 10.0 Å². The van der Waals surface area contributed by atoms with Gasteiger partial charge in [0.2, 0.25) is 15.9 Å². The number of rotatable bonds is 5. The SMILES string of the molecule is CCNC(=O)[C@@H]1CCCN(C(=O)c2cccc(S(=O)(=O)N3CCc4sccc4C3)c2)C1. The second kappa shape index (κ2) is 9.10. The molecular formula is C22H27N3O4S2. The molecule has 0 bridgehead atoms. The number of piperidine rings is 1. The number of nitrogens with one attached hydrogen (secondary N) is 1. The first-order valence-electron chi connectivity index (χ1n) is 10.6. The van der Waals surface area contributed by atoms with Gasteiger partial charge in [0.05, 0.1) is 10.8 Å². The number of fused-ring (bicyclic) bond motifs is 1. The summed E-state index contributed by atoms with van der Waals surface area (Å²) >= 11 is 1.66. The molecule has 7 nitrogen and oxygen atoms in total. The average Bonchev–Trinajstić information content (AvgIpc) is 3.27. The van der Waals surface area contributed by atoms with Crippen LogP contribution in [0.25, 0.3) is 0 Å². The van der Waals surface area contributed by atoms with Crippen LogP contribution >= 0.6 is 11.3 Å². The molecule has 4 rings (SSSR count). The van der Waals surface area contributed by atoms with Crippen molar-refractivity contribution in [3.05, 3.63) is 51.7 Å². The van der Waals surface area contributed by atoms with Crippen molar-refractivity contribution in [2.75, 3.05) is 26.2 Å². The lowest BCUT2D eigenvalue weighted by molar-refractivity contribution is -0.126. The van der Waals surface area contributed by atoms with Crippen LogP contribution in [0.2, 0.25) is 0 Å². The summed E-state index contributed by atoms with van der Waals surface area (Å²) in [6.45, 7) is 4.16. The number of nitrogens with zero attached hydrogens (tertiary/aromatic N) is 2. The zero-order chi connectivity index (χ0) is 22.0. The quantitative estimate of drug-likeness (QED) is 0.741. The number of hydrogen-bond donors (Lipinski definition) is 1. The van der Waals surface area contributed by atoms with E-state index in [4.69, 9.17) is 0 Å². The second-order valence-electron chi connectivity index (χ2n) is 7.97. The van der Waals surface area contributed by atoms with E-state index in [1.54, 1.807) is 34.4 Å². The van der Waals surface area contributed by atoms with Gasteiger partial charge in [-0.2, -0.15) is 4.31 Å². The summed E-state index contributed by atoms with van der Waals surface area (Å²) in [4.78, 5) is 28.3. The average molecular weight is 462 g/mol. The Morgan fingerprint density at radius 1 is 1.23 bits per heavy atom. The van der Waals surface area contributed by atoms with Crippen LogP contribution in [0.1, 0.15) is 40.6 Å². The molecule has 1 aromatic heterocycles. The number of carbonyl (C=O) groups excluding carboxylic acids is 2. The molecule has 0 radical (unpaired) electrons. The second-order valence-corrected chi connectivity index (χ2v) is 10.9. The Balaban J connectivity index is 1.51. The van der Waals surface area contributed by atoms with E-state index in [2.05, 4.69) is 5.32 Å². The van der Waals surface area contributed by atoms with Crippen LogP contribution < -0.4 is 5.32 Å². The van der Waals surface area contributed by atoms with Crippen LogP contribution in [0.4, 0.5) is 0 Å². The summed E-state index contributed by atoms with van der Waals surface area (Å²) in [6, 6.07) is 8.25. The first-order valence-corrected chi connectivity index (χ1v) is 12.9. The molecule has 0 saturated carbocycles. The molecule has 0 aliphatic carbocycles. The van der Waals surface area contributed by atoms with Gasteiger partial charge in [-0.05, 0) is 61.4 Å². The summed E-state index contributed by atoms with van der Waals surface area (Å²) < 4.78 is 28.0. The van der Waals surface area contributed by atoms with Gasteiger partial charge in [0.15, 0.2) is 0 Å². The molecule has 166 valence electrons. The van der Waals surface area contributed by atoms with Crippen molar-refractivity contribution in [2.45, 2.75) is 37.6 Å². The van der Waals surface area contributed by atoms with E-state index in [9.17, 15) is 18.0 Å². The molecule has 2 aliphatic rings. The summed E-state index contributed by atoms with van der Waals surface area (Å²) in [5, 5.41) is 4.82. The minimum Gasteiger partial charge on any atom is -0.356 e. The highest BCUT2D eigenvalue weighted by Gasteiger charge is 2.31. The van der Waals surface area contributed by atoms with Gasteiger partial charge >= 0.3 is 0 Å². The topological polar surface area (TPSA) is 86.8 Å². The van der Waals surface area contributed by atoms with Gasteiger partial charge in [-0.1, -0.05) is 6.07 Å². The molecule has 1 atom stereocenters. The standard InChI is InChI=1S/C22H27N3O4S2/c1-2-23-21(26)18-6-4-10-24(14-18)22(27)16-5-3-7-19(13-16)31(28,29)25-11-8-20-17(15-25)9-12-30-20/h3,5,7,9,12-13,18H,2,4,6,8,10-11,14-15H2,1H3,(H,23,26)/t18-/m1/s1. The van der Waals surface area contributed by atoms with Crippen molar-refractivity contribution in [1.82, 2.24) is 14.5 Å². The predicted octanol–water partition coefficient (Wildman–Crippen LogP) is 2.48. The molecular weight excluding hydrogens is 434 g/mol. The molecule has 3 heterocycles. The van der Waals surface area contributed by atoms with Gasteiger partial charge in [-0.15, -0.1) is 11.3 Å². The van der Waals surface area contributed by atoms with Crippen molar-refractivity contribution in [3.63, 3.8) is 0 Å². The highest BCUT2D eigenvalue weighted by molar-refractivity contribution is 7.89.